The van der Waals surface area contributed by atoms with Gasteiger partial charge in [-0.2, -0.15) is 0 Å². The number of hydrogen-bond donors (Lipinski definition) is 1. The fourth-order valence-electron chi connectivity index (χ4n) is 1.76. The van der Waals surface area contributed by atoms with Gasteiger partial charge in [-0.05, 0) is 16.8 Å². The molecule has 2 rings (SSSR count). The summed E-state index contributed by atoms with van der Waals surface area (Å²) >= 11 is 0. The molecule has 3 heteroatoms. The van der Waals surface area contributed by atoms with Crippen LogP contribution in [0.4, 0.5) is 4.39 Å². The Labute approximate surface area is 93.3 Å². The number of alkyl halides is 1. The Hall–Kier alpha value is -1.61. The third kappa shape index (κ3) is 1.99. The highest BCUT2D eigenvalue weighted by atomic mass is 19.1. The van der Waals surface area contributed by atoms with Crippen LogP contribution >= 0.6 is 0 Å². The van der Waals surface area contributed by atoms with E-state index in [2.05, 4.69) is 0 Å². The van der Waals surface area contributed by atoms with Crippen LogP contribution in [0.15, 0.2) is 36.4 Å². The molecule has 0 radical (unpaired) electrons. The van der Waals surface area contributed by atoms with Gasteiger partial charge in [0.25, 0.3) is 0 Å². The van der Waals surface area contributed by atoms with Crippen LogP contribution < -0.4 is 4.74 Å². The number of halogens is 1. The molecular weight excluding hydrogens is 207 g/mol. The fraction of sp³-hybridized carbons (Fsp3) is 0.231. The zero-order chi connectivity index (χ0) is 11.4. The molecule has 0 heterocycles. The summed E-state index contributed by atoms with van der Waals surface area (Å²) in [6.07, 6.45) is 0. The lowest BCUT2D eigenvalue weighted by molar-refractivity contribution is 0.250. The minimum Gasteiger partial charge on any atom is -0.490 e. The van der Waals surface area contributed by atoms with Gasteiger partial charge in [0.1, 0.15) is 19.0 Å². The van der Waals surface area contributed by atoms with Crippen molar-refractivity contribution in [2.45, 2.75) is 6.61 Å². The van der Waals surface area contributed by atoms with E-state index in [1.807, 2.05) is 30.3 Å². The molecule has 0 spiro atoms. The summed E-state index contributed by atoms with van der Waals surface area (Å²) in [7, 11) is 0. The van der Waals surface area contributed by atoms with Crippen LogP contribution in [0.2, 0.25) is 0 Å². The maximum atomic E-state index is 12.0. The molecule has 84 valence electrons. The highest BCUT2D eigenvalue weighted by Gasteiger charge is 2.07. The van der Waals surface area contributed by atoms with Crippen molar-refractivity contribution in [1.82, 2.24) is 0 Å². The number of benzene rings is 2. The second-order valence-corrected chi connectivity index (χ2v) is 3.46. The van der Waals surface area contributed by atoms with Gasteiger partial charge in [0.2, 0.25) is 0 Å². The second kappa shape index (κ2) is 4.94. The fourth-order valence-corrected chi connectivity index (χ4v) is 1.76. The van der Waals surface area contributed by atoms with Crippen LogP contribution in [-0.4, -0.2) is 18.4 Å². The van der Waals surface area contributed by atoms with Gasteiger partial charge >= 0.3 is 0 Å². The SMILES string of the molecule is OCc1c(OCCF)ccc2ccccc12. The maximum absolute atomic E-state index is 12.0. The third-order valence-electron chi connectivity index (χ3n) is 2.49. The molecule has 0 saturated carbocycles. The number of fused-ring (bicyclic) bond motifs is 1. The number of ether oxygens (including phenoxy) is 1. The molecule has 0 bridgehead atoms. The predicted octanol–water partition coefficient (Wildman–Crippen LogP) is 2.68. The third-order valence-corrected chi connectivity index (χ3v) is 2.49. The molecular formula is C13H13FO2. The van der Waals surface area contributed by atoms with Gasteiger partial charge in [-0.15, -0.1) is 0 Å². The normalized spacial score (nSPS) is 10.6. The average molecular weight is 220 g/mol. The molecule has 2 aromatic rings. The summed E-state index contributed by atoms with van der Waals surface area (Å²) in [5.41, 5.74) is 0.714. The molecule has 0 fully saturated rings. The molecule has 0 saturated heterocycles. The Balaban J connectivity index is 2.50. The van der Waals surface area contributed by atoms with Gasteiger partial charge in [-0.25, -0.2) is 4.39 Å². The van der Waals surface area contributed by atoms with E-state index in [9.17, 15) is 9.50 Å². The molecule has 0 aliphatic heterocycles. The Morgan fingerprint density at radius 1 is 1.12 bits per heavy atom. The standard InChI is InChI=1S/C13H13FO2/c14-7-8-16-13-6-5-10-3-1-2-4-11(10)12(13)9-15/h1-6,15H,7-9H2. The zero-order valence-corrected chi connectivity index (χ0v) is 8.82. The Morgan fingerprint density at radius 3 is 2.69 bits per heavy atom. The van der Waals surface area contributed by atoms with E-state index in [1.54, 1.807) is 6.07 Å². The zero-order valence-electron chi connectivity index (χ0n) is 8.82. The number of hydrogen-bond acceptors (Lipinski definition) is 2. The highest BCUT2D eigenvalue weighted by molar-refractivity contribution is 5.87. The monoisotopic (exact) mass is 220 g/mol. The van der Waals surface area contributed by atoms with Crippen molar-refractivity contribution in [2.24, 2.45) is 0 Å². The first-order valence-corrected chi connectivity index (χ1v) is 5.17. The van der Waals surface area contributed by atoms with Gasteiger partial charge in [0.15, 0.2) is 0 Å². The van der Waals surface area contributed by atoms with Crippen LogP contribution in [0.5, 0.6) is 5.75 Å². The smallest absolute Gasteiger partial charge is 0.125 e. The molecule has 0 atom stereocenters. The molecule has 2 aromatic carbocycles. The van der Waals surface area contributed by atoms with Crippen molar-refractivity contribution < 1.29 is 14.2 Å². The van der Waals surface area contributed by atoms with Gasteiger partial charge in [0, 0.05) is 5.56 Å². The molecule has 16 heavy (non-hydrogen) atoms. The topological polar surface area (TPSA) is 29.5 Å². The van der Waals surface area contributed by atoms with Gasteiger partial charge in [0.05, 0.1) is 6.61 Å². The first-order chi connectivity index (χ1) is 7.86. The van der Waals surface area contributed by atoms with Crippen molar-refractivity contribution in [2.75, 3.05) is 13.3 Å². The first-order valence-electron chi connectivity index (χ1n) is 5.17. The van der Waals surface area contributed by atoms with E-state index in [-0.39, 0.29) is 13.2 Å². The maximum Gasteiger partial charge on any atom is 0.125 e. The summed E-state index contributed by atoms with van der Waals surface area (Å²) < 4.78 is 17.3. The summed E-state index contributed by atoms with van der Waals surface area (Å²) in [5, 5.41) is 11.3. The molecule has 0 aliphatic carbocycles. The van der Waals surface area contributed by atoms with Crippen molar-refractivity contribution in [3.05, 3.63) is 42.0 Å². The molecule has 0 unspecified atom stereocenters. The lowest BCUT2D eigenvalue weighted by Crippen LogP contribution is -2.02. The second-order valence-electron chi connectivity index (χ2n) is 3.46. The average Bonchev–Trinajstić information content (AvgIpc) is 2.35. The van der Waals surface area contributed by atoms with Crippen LogP contribution in [0.25, 0.3) is 10.8 Å². The molecule has 2 nitrogen and oxygen atoms in total. The summed E-state index contributed by atoms with van der Waals surface area (Å²) in [5.74, 6) is 0.554. The molecule has 0 aliphatic rings. The lowest BCUT2D eigenvalue weighted by Gasteiger charge is -2.11. The van der Waals surface area contributed by atoms with E-state index in [4.69, 9.17) is 4.74 Å². The summed E-state index contributed by atoms with van der Waals surface area (Å²) in [6, 6.07) is 11.4. The highest BCUT2D eigenvalue weighted by Crippen LogP contribution is 2.27. The van der Waals surface area contributed by atoms with Crippen molar-refractivity contribution in [1.29, 1.82) is 0 Å². The Bertz CT molecular complexity index is 482. The van der Waals surface area contributed by atoms with Crippen molar-refractivity contribution in [3.63, 3.8) is 0 Å². The van der Waals surface area contributed by atoms with E-state index >= 15 is 0 Å². The van der Waals surface area contributed by atoms with Gasteiger partial charge in [-0.3, -0.25) is 0 Å². The Morgan fingerprint density at radius 2 is 1.94 bits per heavy atom. The van der Waals surface area contributed by atoms with Crippen LogP contribution in [0.1, 0.15) is 5.56 Å². The summed E-state index contributed by atoms with van der Waals surface area (Å²) in [4.78, 5) is 0. The number of aliphatic hydroxyl groups excluding tert-OH is 1. The van der Waals surface area contributed by atoms with Crippen LogP contribution in [-0.2, 0) is 6.61 Å². The van der Waals surface area contributed by atoms with Crippen LogP contribution in [0.3, 0.4) is 0 Å². The number of rotatable bonds is 4. The largest absolute Gasteiger partial charge is 0.490 e. The van der Waals surface area contributed by atoms with Crippen molar-refractivity contribution in [3.8, 4) is 5.75 Å². The van der Waals surface area contributed by atoms with Crippen molar-refractivity contribution >= 4 is 10.8 Å². The summed E-state index contributed by atoms with van der Waals surface area (Å²) in [6.45, 7) is -0.619. The minimum absolute atomic E-state index is 0.0192. The quantitative estimate of drug-likeness (QED) is 0.858. The van der Waals surface area contributed by atoms with E-state index in [0.29, 0.717) is 11.3 Å². The van der Waals surface area contributed by atoms with Gasteiger partial charge in [-0.1, -0.05) is 30.3 Å². The lowest BCUT2D eigenvalue weighted by atomic mass is 10.0. The molecule has 0 amide bonds. The van der Waals surface area contributed by atoms with Crippen LogP contribution in [0, 0.1) is 0 Å². The predicted molar refractivity (Wildman–Crippen MR) is 61.3 cm³/mol. The van der Waals surface area contributed by atoms with E-state index < -0.39 is 6.67 Å². The molecule has 0 aromatic heterocycles. The van der Waals surface area contributed by atoms with E-state index in [0.717, 1.165) is 10.8 Å². The van der Waals surface area contributed by atoms with Gasteiger partial charge < -0.3 is 9.84 Å². The Kier molecular flexibility index (Phi) is 3.37. The van der Waals surface area contributed by atoms with E-state index in [1.165, 1.54) is 0 Å². The molecule has 1 N–H and O–H groups in total. The minimum atomic E-state index is -0.530. The number of aliphatic hydroxyl groups is 1. The first kappa shape index (κ1) is 10.9.